The van der Waals surface area contributed by atoms with Crippen molar-refractivity contribution in [2.24, 2.45) is 0 Å². The van der Waals surface area contributed by atoms with Crippen molar-refractivity contribution < 1.29 is 26.3 Å². The van der Waals surface area contributed by atoms with Gasteiger partial charge in [0, 0.05) is 11.3 Å². The third-order valence-corrected chi connectivity index (χ3v) is 3.00. The lowest BCUT2D eigenvalue weighted by Crippen LogP contribution is -2.49. The molecule has 18 heavy (non-hydrogen) atoms. The third-order valence-electron chi connectivity index (χ3n) is 2.45. The molecule has 0 spiro atoms. The van der Waals surface area contributed by atoms with E-state index in [0.717, 1.165) is 6.07 Å². The van der Waals surface area contributed by atoms with E-state index < -0.39 is 22.2 Å². The Morgan fingerprint density at radius 3 is 1.89 bits per heavy atom. The van der Waals surface area contributed by atoms with Crippen molar-refractivity contribution in [2.45, 2.75) is 23.6 Å². The zero-order valence-corrected chi connectivity index (χ0v) is 10.5. The number of nitrogens with two attached hydrogens (primary N) is 1. The highest BCUT2D eigenvalue weighted by atomic mass is 79.9. The molecular formula is C10H8BrF6N. The summed E-state index contributed by atoms with van der Waals surface area (Å²) in [5, 5.41) is 0. The lowest BCUT2D eigenvalue weighted by molar-refractivity contribution is -0.282. The van der Waals surface area contributed by atoms with Gasteiger partial charge in [0.05, 0.1) is 0 Å². The zero-order chi connectivity index (χ0) is 14.4. The van der Waals surface area contributed by atoms with Gasteiger partial charge in [-0.1, -0.05) is 12.1 Å². The van der Waals surface area contributed by atoms with E-state index in [1.165, 1.54) is 22.9 Å². The summed E-state index contributed by atoms with van der Waals surface area (Å²) < 4.78 is 77.6. The molecule has 0 aliphatic carbocycles. The Morgan fingerprint density at radius 1 is 1.06 bits per heavy atom. The highest BCUT2D eigenvalue weighted by Crippen LogP contribution is 2.55. The van der Waals surface area contributed by atoms with Gasteiger partial charge in [-0.15, -0.1) is 0 Å². The molecule has 1 unspecified atom stereocenters. The Morgan fingerprint density at radius 2 is 1.56 bits per heavy atom. The third kappa shape index (κ3) is 2.30. The first-order valence-corrected chi connectivity index (χ1v) is 5.39. The monoisotopic (exact) mass is 335 g/mol. The minimum atomic E-state index is -5.78. The number of anilines is 1. The molecule has 0 saturated heterocycles. The fourth-order valence-corrected chi connectivity index (χ4v) is 1.83. The van der Waals surface area contributed by atoms with Crippen LogP contribution in [0.2, 0.25) is 0 Å². The summed E-state index contributed by atoms with van der Waals surface area (Å²) >= 11 is 1.46. The molecule has 0 radical (unpaired) electrons. The van der Waals surface area contributed by atoms with Crippen LogP contribution >= 0.6 is 15.9 Å². The number of nitrogen functional groups attached to an aromatic ring is 1. The Hall–Kier alpha value is -0.920. The minimum Gasteiger partial charge on any atom is -0.399 e. The molecule has 8 heteroatoms. The first kappa shape index (κ1) is 15.1. The molecule has 2 N–H and O–H groups in total. The van der Waals surface area contributed by atoms with Crippen LogP contribution in [0.15, 0.2) is 18.2 Å². The minimum absolute atomic E-state index is 0.0792. The molecule has 0 amide bonds. The van der Waals surface area contributed by atoms with E-state index in [9.17, 15) is 26.3 Å². The summed E-state index contributed by atoms with van der Waals surface area (Å²) in [7, 11) is 0. The van der Waals surface area contributed by atoms with Crippen LogP contribution in [0.3, 0.4) is 0 Å². The van der Waals surface area contributed by atoms with Crippen LogP contribution in [-0.2, 0) is 5.67 Å². The van der Waals surface area contributed by atoms with Crippen LogP contribution < -0.4 is 5.73 Å². The van der Waals surface area contributed by atoms with Gasteiger partial charge in [0.25, 0.3) is 0 Å². The van der Waals surface area contributed by atoms with Gasteiger partial charge in [-0.05, 0) is 34.5 Å². The summed E-state index contributed by atoms with van der Waals surface area (Å²) in [6, 6.07) is 2.19. The Balaban J connectivity index is 3.51. The maximum atomic E-state index is 13.9. The number of aryl methyl sites for hydroxylation is 1. The Bertz CT molecular complexity index is 437. The van der Waals surface area contributed by atoms with Gasteiger partial charge in [0.2, 0.25) is 0 Å². The predicted molar refractivity (Wildman–Crippen MR) is 58.3 cm³/mol. The van der Waals surface area contributed by atoms with Crippen LogP contribution in [0.5, 0.6) is 0 Å². The van der Waals surface area contributed by atoms with Crippen molar-refractivity contribution in [2.75, 3.05) is 5.73 Å². The first-order valence-electron chi connectivity index (χ1n) is 4.60. The van der Waals surface area contributed by atoms with E-state index in [1.807, 2.05) is 0 Å². The normalized spacial score (nSPS) is 16.4. The van der Waals surface area contributed by atoms with Gasteiger partial charge in [0.1, 0.15) is 0 Å². The summed E-state index contributed by atoms with van der Waals surface area (Å²) in [5.41, 5.74) is -0.515. The fourth-order valence-electron chi connectivity index (χ4n) is 1.38. The van der Waals surface area contributed by atoms with Crippen molar-refractivity contribution in [3.8, 4) is 0 Å². The molecule has 1 aromatic rings. The van der Waals surface area contributed by atoms with Crippen molar-refractivity contribution in [1.29, 1.82) is 0 Å². The van der Waals surface area contributed by atoms with E-state index >= 15 is 0 Å². The largest absolute Gasteiger partial charge is 0.433 e. The van der Waals surface area contributed by atoms with Crippen LogP contribution in [0.25, 0.3) is 0 Å². The standard InChI is InChI=1S/C10H8BrF6N/c1-5-4-6(2-3-7(5)18)8(12,9(11,13)14)10(15,16)17/h2-4H,18H2,1H3. The van der Waals surface area contributed by atoms with Crippen LogP contribution in [0.1, 0.15) is 11.1 Å². The molecule has 0 fully saturated rings. The maximum Gasteiger partial charge on any atom is 0.433 e. The molecule has 1 aromatic carbocycles. The van der Waals surface area contributed by atoms with E-state index in [-0.39, 0.29) is 11.3 Å². The molecule has 0 aromatic heterocycles. The lowest BCUT2D eigenvalue weighted by Gasteiger charge is -2.32. The number of hydrogen-bond acceptors (Lipinski definition) is 1. The van der Waals surface area contributed by atoms with Crippen molar-refractivity contribution in [3.05, 3.63) is 29.3 Å². The highest BCUT2D eigenvalue weighted by molar-refractivity contribution is 9.10. The molecule has 0 bridgehead atoms. The summed E-state index contributed by atoms with van der Waals surface area (Å²) in [4.78, 5) is -4.79. The van der Waals surface area contributed by atoms with Gasteiger partial charge >= 0.3 is 16.7 Å². The van der Waals surface area contributed by atoms with Crippen molar-refractivity contribution in [1.82, 2.24) is 0 Å². The second-order valence-corrected chi connectivity index (χ2v) is 4.72. The lowest BCUT2D eigenvalue weighted by atomic mass is 9.93. The molecular weight excluding hydrogens is 328 g/mol. The molecule has 1 nitrogen and oxygen atoms in total. The van der Waals surface area contributed by atoms with Gasteiger partial charge in [-0.2, -0.15) is 22.0 Å². The number of rotatable bonds is 2. The quantitative estimate of drug-likeness (QED) is 0.487. The first-order chi connectivity index (χ1) is 7.91. The molecule has 102 valence electrons. The zero-order valence-electron chi connectivity index (χ0n) is 8.96. The van der Waals surface area contributed by atoms with E-state index in [1.54, 1.807) is 0 Å². The smallest absolute Gasteiger partial charge is 0.399 e. The summed E-state index contributed by atoms with van der Waals surface area (Å²) in [6.07, 6.45) is -5.78. The second-order valence-electron chi connectivity index (χ2n) is 3.73. The van der Waals surface area contributed by atoms with Crippen LogP contribution in [0.4, 0.5) is 32.0 Å². The van der Waals surface area contributed by atoms with Gasteiger partial charge in [-0.3, -0.25) is 0 Å². The highest BCUT2D eigenvalue weighted by Gasteiger charge is 2.71. The Labute approximate surface area is 107 Å². The molecule has 1 atom stereocenters. The van der Waals surface area contributed by atoms with E-state index in [0.29, 0.717) is 12.1 Å². The Kier molecular flexibility index (Phi) is 3.64. The molecule has 0 heterocycles. The summed E-state index contributed by atoms with van der Waals surface area (Å²) in [5.74, 6) is 0. The van der Waals surface area contributed by atoms with Crippen LogP contribution in [-0.4, -0.2) is 11.0 Å². The van der Waals surface area contributed by atoms with Gasteiger partial charge in [0.15, 0.2) is 0 Å². The van der Waals surface area contributed by atoms with E-state index in [4.69, 9.17) is 5.73 Å². The van der Waals surface area contributed by atoms with Crippen molar-refractivity contribution >= 4 is 21.6 Å². The number of halogens is 7. The van der Waals surface area contributed by atoms with Gasteiger partial charge < -0.3 is 5.73 Å². The SMILES string of the molecule is Cc1cc(C(F)(C(F)(F)F)C(F)(F)Br)ccc1N. The molecule has 0 aliphatic heterocycles. The second kappa shape index (κ2) is 4.32. The number of alkyl halides is 7. The van der Waals surface area contributed by atoms with E-state index in [2.05, 4.69) is 0 Å². The van der Waals surface area contributed by atoms with Crippen LogP contribution in [0, 0.1) is 6.92 Å². The maximum absolute atomic E-state index is 13.9. The summed E-state index contributed by atoms with van der Waals surface area (Å²) in [6.45, 7) is 1.29. The van der Waals surface area contributed by atoms with Gasteiger partial charge in [-0.25, -0.2) is 4.39 Å². The van der Waals surface area contributed by atoms with Crippen molar-refractivity contribution in [3.63, 3.8) is 0 Å². The molecule has 0 saturated carbocycles. The topological polar surface area (TPSA) is 26.0 Å². The average molecular weight is 336 g/mol. The number of benzene rings is 1. The fraction of sp³-hybridized carbons (Fsp3) is 0.400. The predicted octanol–water partition coefficient (Wildman–Crippen LogP) is 4.29. The number of hydrogen-bond donors (Lipinski definition) is 1. The average Bonchev–Trinajstić information content (AvgIpc) is 2.17. The molecule has 1 rings (SSSR count). The molecule has 0 aliphatic rings.